The van der Waals surface area contributed by atoms with Gasteiger partial charge in [0.05, 0.1) is 5.69 Å². The lowest BCUT2D eigenvalue weighted by molar-refractivity contribution is 0.854. The van der Waals surface area contributed by atoms with Crippen molar-refractivity contribution in [2.45, 2.75) is 26.7 Å². The standard InChI is InChI=1S/C13H17BrClN3/c1-7(2)11-8(3)12(9(14)6-10(11)15)18-5-4-17-13(18)16/h6-7H,4-5H2,1-3H3,(H2,16,17). The van der Waals surface area contributed by atoms with Crippen molar-refractivity contribution in [3.8, 4) is 0 Å². The van der Waals surface area contributed by atoms with E-state index < -0.39 is 0 Å². The van der Waals surface area contributed by atoms with Gasteiger partial charge in [0.15, 0.2) is 5.96 Å². The lowest BCUT2D eigenvalue weighted by atomic mass is 9.96. The van der Waals surface area contributed by atoms with Gasteiger partial charge < -0.3 is 10.2 Å². The summed E-state index contributed by atoms with van der Waals surface area (Å²) in [6, 6.07) is 1.94. The summed E-state index contributed by atoms with van der Waals surface area (Å²) >= 11 is 9.90. The normalized spacial score (nSPS) is 15.4. The molecular weight excluding hydrogens is 314 g/mol. The summed E-state index contributed by atoms with van der Waals surface area (Å²) in [5, 5.41) is 11.8. The largest absolute Gasteiger partial charge is 0.354 e. The summed E-state index contributed by atoms with van der Waals surface area (Å²) in [5.74, 6) is 0.824. The molecule has 0 spiro atoms. The van der Waals surface area contributed by atoms with Gasteiger partial charge in [-0.1, -0.05) is 25.4 Å². The smallest absolute Gasteiger partial charge is 0.195 e. The zero-order valence-corrected chi connectivity index (χ0v) is 13.1. The van der Waals surface area contributed by atoms with E-state index in [9.17, 15) is 0 Å². The summed E-state index contributed by atoms with van der Waals surface area (Å²) in [6.45, 7) is 7.98. The third-order valence-electron chi connectivity index (χ3n) is 3.24. The van der Waals surface area contributed by atoms with Gasteiger partial charge in [-0.15, -0.1) is 0 Å². The number of anilines is 1. The van der Waals surface area contributed by atoms with Gasteiger partial charge in [-0.05, 0) is 46.0 Å². The van der Waals surface area contributed by atoms with Gasteiger partial charge >= 0.3 is 0 Å². The number of nitrogens with one attached hydrogen (secondary N) is 2. The Kier molecular flexibility index (Phi) is 3.87. The van der Waals surface area contributed by atoms with Crippen LogP contribution in [0.2, 0.25) is 5.02 Å². The molecule has 0 atom stereocenters. The highest BCUT2D eigenvalue weighted by atomic mass is 79.9. The van der Waals surface area contributed by atoms with Gasteiger partial charge in [-0.2, -0.15) is 0 Å². The Hall–Kier alpha value is -0.740. The number of guanidine groups is 1. The average Bonchev–Trinajstić information content (AvgIpc) is 2.63. The van der Waals surface area contributed by atoms with Crippen molar-refractivity contribution in [3.63, 3.8) is 0 Å². The third kappa shape index (κ3) is 2.24. The first-order valence-electron chi connectivity index (χ1n) is 6.02. The molecule has 0 saturated carbocycles. The highest BCUT2D eigenvalue weighted by Gasteiger charge is 2.25. The first-order chi connectivity index (χ1) is 8.43. The van der Waals surface area contributed by atoms with Gasteiger partial charge in [0.25, 0.3) is 0 Å². The van der Waals surface area contributed by atoms with E-state index >= 15 is 0 Å². The minimum Gasteiger partial charge on any atom is -0.354 e. The van der Waals surface area contributed by atoms with Crippen molar-refractivity contribution in [2.24, 2.45) is 0 Å². The van der Waals surface area contributed by atoms with Crippen LogP contribution in [-0.4, -0.2) is 19.0 Å². The second-order valence-corrected chi connectivity index (χ2v) is 6.07. The fraction of sp³-hybridized carbons (Fsp3) is 0.462. The molecular formula is C13H17BrClN3. The maximum absolute atomic E-state index is 7.93. The quantitative estimate of drug-likeness (QED) is 0.864. The number of halogens is 2. The molecule has 1 aromatic rings. The Morgan fingerprint density at radius 1 is 1.50 bits per heavy atom. The minimum absolute atomic E-state index is 0.370. The average molecular weight is 331 g/mol. The molecule has 1 aliphatic heterocycles. The van der Waals surface area contributed by atoms with Crippen LogP contribution in [0.4, 0.5) is 5.69 Å². The van der Waals surface area contributed by atoms with Crippen LogP contribution in [0.15, 0.2) is 10.5 Å². The number of benzene rings is 1. The number of hydrogen-bond donors (Lipinski definition) is 2. The van der Waals surface area contributed by atoms with E-state index in [1.54, 1.807) is 0 Å². The van der Waals surface area contributed by atoms with Crippen LogP contribution in [0.25, 0.3) is 0 Å². The molecule has 98 valence electrons. The molecule has 2 rings (SSSR count). The predicted octanol–water partition coefficient (Wildman–Crippen LogP) is 3.88. The lowest BCUT2D eigenvalue weighted by Gasteiger charge is -2.24. The Balaban J connectivity index is 2.60. The van der Waals surface area contributed by atoms with E-state index in [1.165, 1.54) is 0 Å². The van der Waals surface area contributed by atoms with Crippen LogP contribution in [-0.2, 0) is 0 Å². The van der Waals surface area contributed by atoms with E-state index in [1.807, 2.05) is 11.0 Å². The van der Waals surface area contributed by atoms with Crippen molar-refractivity contribution in [1.82, 2.24) is 5.32 Å². The van der Waals surface area contributed by atoms with Gasteiger partial charge in [-0.25, -0.2) is 0 Å². The Bertz CT molecular complexity index is 499. The molecule has 0 bridgehead atoms. The number of hydrogen-bond acceptors (Lipinski definition) is 1. The number of nitrogens with zero attached hydrogens (tertiary/aromatic N) is 1. The molecule has 0 aliphatic carbocycles. The van der Waals surface area contributed by atoms with E-state index in [2.05, 4.69) is 42.0 Å². The highest BCUT2D eigenvalue weighted by molar-refractivity contribution is 9.10. The Labute approximate surface area is 121 Å². The summed E-state index contributed by atoms with van der Waals surface area (Å²) in [6.07, 6.45) is 0. The molecule has 18 heavy (non-hydrogen) atoms. The topological polar surface area (TPSA) is 39.1 Å². The third-order valence-corrected chi connectivity index (χ3v) is 4.16. The molecule has 5 heteroatoms. The van der Waals surface area contributed by atoms with E-state index in [-0.39, 0.29) is 0 Å². The highest BCUT2D eigenvalue weighted by Crippen LogP contribution is 2.40. The molecule has 0 unspecified atom stereocenters. The first kappa shape index (κ1) is 13.7. The van der Waals surface area contributed by atoms with Crippen LogP contribution in [0, 0.1) is 12.3 Å². The van der Waals surface area contributed by atoms with Crippen molar-refractivity contribution in [1.29, 1.82) is 5.41 Å². The second kappa shape index (κ2) is 5.10. The molecule has 0 radical (unpaired) electrons. The molecule has 0 amide bonds. The molecule has 1 saturated heterocycles. The first-order valence-corrected chi connectivity index (χ1v) is 7.19. The van der Waals surface area contributed by atoms with E-state index in [0.717, 1.165) is 39.4 Å². The van der Waals surface area contributed by atoms with Gasteiger partial charge in [0.2, 0.25) is 0 Å². The fourth-order valence-electron chi connectivity index (χ4n) is 2.50. The van der Waals surface area contributed by atoms with Crippen molar-refractivity contribution in [3.05, 3.63) is 26.7 Å². The van der Waals surface area contributed by atoms with Crippen molar-refractivity contribution < 1.29 is 0 Å². The Morgan fingerprint density at radius 3 is 2.67 bits per heavy atom. The van der Waals surface area contributed by atoms with E-state index in [4.69, 9.17) is 17.0 Å². The van der Waals surface area contributed by atoms with Crippen LogP contribution in [0.5, 0.6) is 0 Å². The van der Waals surface area contributed by atoms with Crippen molar-refractivity contribution >= 4 is 39.2 Å². The zero-order valence-electron chi connectivity index (χ0n) is 10.8. The van der Waals surface area contributed by atoms with Crippen LogP contribution in [0.1, 0.15) is 30.9 Å². The van der Waals surface area contributed by atoms with Crippen molar-refractivity contribution in [2.75, 3.05) is 18.0 Å². The summed E-state index contributed by atoms with van der Waals surface area (Å²) < 4.78 is 0.947. The molecule has 0 aromatic heterocycles. The molecule has 3 nitrogen and oxygen atoms in total. The van der Waals surface area contributed by atoms with Crippen LogP contribution < -0.4 is 10.2 Å². The SMILES string of the molecule is Cc1c(C(C)C)c(Cl)cc(Br)c1N1CCNC1=N. The summed E-state index contributed by atoms with van der Waals surface area (Å²) in [4.78, 5) is 1.99. The molecule has 1 fully saturated rings. The van der Waals surface area contributed by atoms with E-state index in [0.29, 0.717) is 11.9 Å². The van der Waals surface area contributed by atoms with Gasteiger partial charge in [-0.3, -0.25) is 5.41 Å². The molecule has 1 aromatic carbocycles. The maximum Gasteiger partial charge on any atom is 0.195 e. The summed E-state index contributed by atoms with van der Waals surface area (Å²) in [7, 11) is 0. The Morgan fingerprint density at radius 2 is 2.17 bits per heavy atom. The monoisotopic (exact) mass is 329 g/mol. The zero-order chi connectivity index (χ0) is 13.4. The molecule has 2 N–H and O–H groups in total. The van der Waals surface area contributed by atoms with Gasteiger partial charge in [0.1, 0.15) is 0 Å². The van der Waals surface area contributed by atoms with Crippen LogP contribution >= 0.6 is 27.5 Å². The van der Waals surface area contributed by atoms with Crippen LogP contribution in [0.3, 0.4) is 0 Å². The minimum atomic E-state index is 0.370. The second-order valence-electron chi connectivity index (χ2n) is 4.81. The maximum atomic E-state index is 7.93. The fourth-order valence-corrected chi connectivity index (χ4v) is 3.84. The molecule has 1 heterocycles. The predicted molar refractivity (Wildman–Crippen MR) is 81.1 cm³/mol. The number of rotatable bonds is 2. The van der Waals surface area contributed by atoms with Gasteiger partial charge in [0, 0.05) is 22.6 Å². The lowest BCUT2D eigenvalue weighted by Crippen LogP contribution is -2.29. The summed E-state index contributed by atoms with van der Waals surface area (Å²) in [5.41, 5.74) is 3.37. The molecule has 1 aliphatic rings.